The van der Waals surface area contributed by atoms with Crippen LogP contribution in [-0.4, -0.2) is 34.8 Å². The topological polar surface area (TPSA) is 55.8 Å². The molecule has 150 valence electrons. The minimum absolute atomic E-state index is 0.138. The van der Waals surface area contributed by atoms with Gasteiger partial charge in [0.15, 0.2) is 0 Å². The maximum absolute atomic E-state index is 12.7. The molecule has 0 saturated carbocycles. The van der Waals surface area contributed by atoms with Gasteiger partial charge in [0.25, 0.3) is 5.91 Å². The lowest BCUT2D eigenvalue weighted by atomic mass is 10.2. The van der Waals surface area contributed by atoms with E-state index in [1.165, 1.54) is 23.8 Å². The van der Waals surface area contributed by atoms with Crippen molar-refractivity contribution in [3.05, 3.63) is 70.6 Å². The smallest absolute Gasteiger partial charge is 0.305 e. The zero-order valence-electron chi connectivity index (χ0n) is 16.0. The summed E-state index contributed by atoms with van der Waals surface area (Å²) in [6.45, 7) is 0.879. The van der Waals surface area contributed by atoms with E-state index < -0.39 is 0 Å². The van der Waals surface area contributed by atoms with E-state index in [9.17, 15) is 9.59 Å². The molecule has 1 aliphatic heterocycles. The molecule has 29 heavy (non-hydrogen) atoms. The highest BCUT2D eigenvalue weighted by Gasteiger charge is 2.31. The number of nitrogens with zero attached hydrogens (tertiary/aromatic N) is 1. The third kappa shape index (κ3) is 5.92. The van der Waals surface area contributed by atoms with Crippen LogP contribution in [0.15, 0.2) is 59.5 Å². The molecule has 1 aliphatic rings. The summed E-state index contributed by atoms with van der Waals surface area (Å²) in [4.78, 5) is 26.0. The van der Waals surface area contributed by atoms with Gasteiger partial charge in [-0.3, -0.25) is 14.5 Å². The van der Waals surface area contributed by atoms with E-state index in [1.807, 2.05) is 60.7 Å². The second-order valence-corrected chi connectivity index (χ2v) is 8.04. The summed E-state index contributed by atoms with van der Waals surface area (Å²) in [6, 6.07) is 17.5. The molecule has 5 nitrogen and oxygen atoms in total. The van der Waals surface area contributed by atoms with Crippen LogP contribution in [0.25, 0.3) is 6.08 Å². The quantitative estimate of drug-likeness (QED) is 0.353. The highest BCUT2D eigenvalue weighted by atomic mass is 32.2. The van der Waals surface area contributed by atoms with Gasteiger partial charge in [-0.1, -0.05) is 66.4 Å². The number of methoxy groups -OCH3 is 1. The lowest BCUT2D eigenvalue weighted by Crippen LogP contribution is -2.29. The first kappa shape index (κ1) is 21.1. The fourth-order valence-corrected chi connectivity index (χ4v) is 4.07. The number of carbonyl (C=O) groups is 2. The SMILES string of the molecule is COC(=O)CCCN1C(=O)/C(=C/c2cccc(OCc3ccccc3)c2)SC1=S. The van der Waals surface area contributed by atoms with E-state index in [0.717, 1.165) is 16.9 Å². The summed E-state index contributed by atoms with van der Waals surface area (Å²) in [6.07, 6.45) is 2.58. The maximum atomic E-state index is 12.7. The molecule has 1 saturated heterocycles. The number of carbonyl (C=O) groups excluding carboxylic acids is 2. The van der Waals surface area contributed by atoms with Gasteiger partial charge in [0.2, 0.25) is 0 Å². The Balaban J connectivity index is 1.63. The van der Waals surface area contributed by atoms with Crippen LogP contribution in [0, 0.1) is 0 Å². The summed E-state index contributed by atoms with van der Waals surface area (Å²) in [5.74, 6) is 0.301. The number of ether oxygens (including phenoxy) is 2. The molecule has 2 aromatic carbocycles. The Hall–Kier alpha value is -2.64. The van der Waals surface area contributed by atoms with E-state index in [-0.39, 0.29) is 18.3 Å². The molecule has 0 bridgehead atoms. The molecular formula is C22H21NO4S2. The van der Waals surface area contributed by atoms with Crippen molar-refractivity contribution in [1.29, 1.82) is 0 Å². The van der Waals surface area contributed by atoms with Gasteiger partial charge in [0.05, 0.1) is 12.0 Å². The van der Waals surface area contributed by atoms with Crippen LogP contribution in [-0.2, 0) is 20.9 Å². The highest BCUT2D eigenvalue weighted by molar-refractivity contribution is 8.26. The van der Waals surface area contributed by atoms with Crippen LogP contribution in [0.1, 0.15) is 24.0 Å². The third-order valence-corrected chi connectivity index (χ3v) is 5.65. The van der Waals surface area contributed by atoms with Crippen LogP contribution in [0.5, 0.6) is 5.75 Å². The summed E-state index contributed by atoms with van der Waals surface area (Å²) < 4.78 is 11.0. The number of esters is 1. The fraction of sp³-hybridized carbons (Fsp3) is 0.227. The predicted molar refractivity (Wildman–Crippen MR) is 118 cm³/mol. The van der Waals surface area contributed by atoms with Crippen molar-refractivity contribution < 1.29 is 19.1 Å². The molecular weight excluding hydrogens is 406 g/mol. The molecule has 0 N–H and O–H groups in total. The van der Waals surface area contributed by atoms with Crippen molar-refractivity contribution in [2.24, 2.45) is 0 Å². The Kier molecular flexibility index (Phi) is 7.43. The lowest BCUT2D eigenvalue weighted by molar-refractivity contribution is -0.141. The van der Waals surface area contributed by atoms with Crippen LogP contribution >= 0.6 is 24.0 Å². The minimum atomic E-state index is -0.293. The van der Waals surface area contributed by atoms with Crippen LogP contribution < -0.4 is 4.74 Å². The number of thiocarbonyl (C=S) groups is 1. The Bertz CT molecular complexity index is 927. The molecule has 1 heterocycles. The molecule has 0 aliphatic carbocycles. The Morgan fingerprint density at radius 1 is 1.17 bits per heavy atom. The summed E-state index contributed by atoms with van der Waals surface area (Å²) in [7, 11) is 1.35. The lowest BCUT2D eigenvalue weighted by Gasteiger charge is -2.13. The zero-order valence-corrected chi connectivity index (χ0v) is 17.6. The fourth-order valence-electron chi connectivity index (χ4n) is 2.76. The molecule has 0 aromatic heterocycles. The molecule has 1 amide bonds. The van der Waals surface area contributed by atoms with Gasteiger partial charge in [-0.05, 0) is 35.8 Å². The van der Waals surface area contributed by atoms with Gasteiger partial charge >= 0.3 is 5.97 Å². The van der Waals surface area contributed by atoms with E-state index in [0.29, 0.717) is 28.8 Å². The molecule has 0 spiro atoms. The highest BCUT2D eigenvalue weighted by Crippen LogP contribution is 2.33. The summed E-state index contributed by atoms with van der Waals surface area (Å²) >= 11 is 6.60. The van der Waals surface area contributed by atoms with E-state index in [1.54, 1.807) is 0 Å². The van der Waals surface area contributed by atoms with Crippen LogP contribution in [0.2, 0.25) is 0 Å². The van der Waals surface area contributed by atoms with Crippen molar-refractivity contribution in [1.82, 2.24) is 4.90 Å². The van der Waals surface area contributed by atoms with E-state index >= 15 is 0 Å². The van der Waals surface area contributed by atoms with Gasteiger partial charge in [-0.15, -0.1) is 0 Å². The number of hydrogen-bond donors (Lipinski definition) is 0. The summed E-state index contributed by atoms with van der Waals surface area (Å²) in [5.41, 5.74) is 1.95. The second-order valence-electron chi connectivity index (χ2n) is 6.36. The van der Waals surface area contributed by atoms with Crippen LogP contribution in [0.4, 0.5) is 0 Å². The van der Waals surface area contributed by atoms with Gasteiger partial charge in [0, 0.05) is 13.0 Å². The van der Waals surface area contributed by atoms with Gasteiger partial charge in [-0.25, -0.2) is 0 Å². The Morgan fingerprint density at radius 2 is 1.97 bits per heavy atom. The first-order valence-corrected chi connectivity index (χ1v) is 10.4. The van der Waals surface area contributed by atoms with Crippen molar-refractivity contribution >= 4 is 46.3 Å². The number of hydrogen-bond acceptors (Lipinski definition) is 6. The largest absolute Gasteiger partial charge is 0.489 e. The number of rotatable bonds is 8. The van der Waals surface area contributed by atoms with Crippen molar-refractivity contribution in [3.63, 3.8) is 0 Å². The molecule has 3 rings (SSSR count). The average Bonchev–Trinajstić information content (AvgIpc) is 3.00. The minimum Gasteiger partial charge on any atom is -0.489 e. The zero-order chi connectivity index (χ0) is 20.6. The normalized spacial score (nSPS) is 15.1. The van der Waals surface area contributed by atoms with Crippen LogP contribution in [0.3, 0.4) is 0 Å². The first-order valence-electron chi connectivity index (χ1n) is 9.16. The Morgan fingerprint density at radius 3 is 2.72 bits per heavy atom. The number of benzene rings is 2. The number of amides is 1. The standard InChI is InChI=1S/C22H21NO4S2/c1-26-20(24)11-6-12-23-21(25)19(29-22(23)28)14-17-9-5-10-18(13-17)27-15-16-7-3-2-4-8-16/h2-5,7-10,13-14H,6,11-12,15H2,1H3/b19-14-. The predicted octanol–water partition coefficient (Wildman–Crippen LogP) is 4.42. The third-order valence-electron chi connectivity index (χ3n) is 4.27. The Labute approximate surface area is 179 Å². The van der Waals surface area contributed by atoms with Crippen molar-refractivity contribution in [3.8, 4) is 5.75 Å². The first-order chi connectivity index (χ1) is 14.1. The molecule has 1 fully saturated rings. The van der Waals surface area contributed by atoms with Crippen molar-refractivity contribution in [2.45, 2.75) is 19.4 Å². The number of thioether (sulfide) groups is 1. The van der Waals surface area contributed by atoms with Gasteiger partial charge in [-0.2, -0.15) is 0 Å². The van der Waals surface area contributed by atoms with E-state index in [4.69, 9.17) is 17.0 Å². The second kappa shape index (κ2) is 10.2. The maximum Gasteiger partial charge on any atom is 0.305 e. The molecule has 2 aromatic rings. The molecule has 0 unspecified atom stereocenters. The molecule has 7 heteroatoms. The van der Waals surface area contributed by atoms with Gasteiger partial charge in [0.1, 0.15) is 16.7 Å². The molecule has 0 radical (unpaired) electrons. The van der Waals surface area contributed by atoms with Gasteiger partial charge < -0.3 is 9.47 Å². The monoisotopic (exact) mass is 427 g/mol. The summed E-state index contributed by atoms with van der Waals surface area (Å²) in [5, 5.41) is 0. The van der Waals surface area contributed by atoms with Crippen molar-refractivity contribution in [2.75, 3.05) is 13.7 Å². The average molecular weight is 428 g/mol. The van der Waals surface area contributed by atoms with E-state index in [2.05, 4.69) is 4.74 Å². The molecule has 0 atom stereocenters.